The molecular weight excluding hydrogens is 260 g/mol. The molecule has 2 rings (SSSR count). The van der Waals surface area contributed by atoms with E-state index in [1.54, 1.807) is 0 Å². The van der Waals surface area contributed by atoms with E-state index in [-0.39, 0.29) is 24.4 Å². The van der Waals surface area contributed by atoms with Gasteiger partial charge < -0.3 is 10.6 Å². The third-order valence-corrected chi connectivity index (χ3v) is 3.77. The quantitative estimate of drug-likeness (QED) is 0.895. The summed E-state index contributed by atoms with van der Waals surface area (Å²) in [5.74, 6) is 0.110. The Kier molecular flexibility index (Phi) is 5.83. The Labute approximate surface area is 121 Å². The minimum Gasteiger partial charge on any atom is -0.348 e. The van der Waals surface area contributed by atoms with Gasteiger partial charge in [0.15, 0.2) is 0 Å². The van der Waals surface area contributed by atoms with Gasteiger partial charge in [0.25, 0.3) is 0 Å². The van der Waals surface area contributed by atoms with Gasteiger partial charge in [-0.2, -0.15) is 0 Å². The first-order valence-corrected chi connectivity index (χ1v) is 6.73. The fourth-order valence-electron chi connectivity index (χ4n) is 2.43. The summed E-state index contributed by atoms with van der Waals surface area (Å²) in [6.45, 7) is 4.96. The summed E-state index contributed by atoms with van der Waals surface area (Å²) in [4.78, 5) is 12.3. The monoisotopic (exact) mass is 282 g/mol. The molecule has 0 spiro atoms. The van der Waals surface area contributed by atoms with Crippen LogP contribution in [-0.2, 0) is 4.79 Å². The maximum Gasteiger partial charge on any atom is 0.240 e. The Bertz CT molecular complexity index is 402. The lowest BCUT2D eigenvalue weighted by molar-refractivity contribution is -0.128. The predicted octanol–water partition coefficient (Wildman–Crippen LogP) is 2.82. The molecule has 1 aromatic rings. The first-order chi connectivity index (χ1) is 8.62. The molecule has 0 aliphatic carbocycles. The lowest BCUT2D eigenvalue weighted by Gasteiger charge is -2.34. The van der Waals surface area contributed by atoms with Crippen molar-refractivity contribution in [3.63, 3.8) is 0 Å². The van der Waals surface area contributed by atoms with Gasteiger partial charge in [-0.3, -0.25) is 4.79 Å². The third kappa shape index (κ3) is 3.95. The normalized spacial score (nSPS) is 24.1. The second-order valence-corrected chi connectivity index (χ2v) is 5.32. The van der Waals surface area contributed by atoms with Gasteiger partial charge in [0.05, 0.1) is 11.6 Å². The van der Waals surface area contributed by atoms with Crippen LogP contribution in [0, 0.1) is 0 Å². The Morgan fingerprint density at radius 2 is 2.00 bits per heavy atom. The first kappa shape index (κ1) is 16.0. The predicted molar refractivity (Wildman–Crippen MR) is 80.5 cm³/mol. The van der Waals surface area contributed by atoms with Crippen LogP contribution >= 0.6 is 12.4 Å². The van der Waals surface area contributed by atoms with Gasteiger partial charge in [0, 0.05) is 0 Å². The van der Waals surface area contributed by atoms with Crippen molar-refractivity contribution < 1.29 is 4.79 Å². The van der Waals surface area contributed by atoms with E-state index in [1.807, 2.05) is 44.2 Å². The van der Waals surface area contributed by atoms with Crippen molar-refractivity contribution in [3.05, 3.63) is 35.9 Å². The van der Waals surface area contributed by atoms with Gasteiger partial charge in [-0.05, 0) is 45.2 Å². The number of amides is 1. The molecule has 1 unspecified atom stereocenters. The molecule has 1 fully saturated rings. The highest BCUT2D eigenvalue weighted by atomic mass is 35.5. The summed E-state index contributed by atoms with van der Waals surface area (Å²) in [5, 5.41) is 6.44. The van der Waals surface area contributed by atoms with Gasteiger partial charge in [-0.1, -0.05) is 30.3 Å². The summed E-state index contributed by atoms with van der Waals surface area (Å²) >= 11 is 0. The molecule has 0 bridgehead atoms. The second kappa shape index (κ2) is 6.92. The number of carbonyl (C=O) groups is 1. The summed E-state index contributed by atoms with van der Waals surface area (Å²) in [6.07, 6.45) is 3.20. The van der Waals surface area contributed by atoms with Crippen LogP contribution in [0.15, 0.2) is 30.3 Å². The van der Waals surface area contributed by atoms with Crippen LogP contribution in [0.1, 0.15) is 44.7 Å². The molecule has 0 radical (unpaired) electrons. The first-order valence-electron chi connectivity index (χ1n) is 6.73. The largest absolute Gasteiger partial charge is 0.348 e. The van der Waals surface area contributed by atoms with Crippen LogP contribution in [0.2, 0.25) is 0 Å². The van der Waals surface area contributed by atoms with Crippen molar-refractivity contribution in [2.45, 2.75) is 44.7 Å². The van der Waals surface area contributed by atoms with Gasteiger partial charge in [0.1, 0.15) is 0 Å². The zero-order valence-electron chi connectivity index (χ0n) is 11.6. The van der Waals surface area contributed by atoms with Crippen molar-refractivity contribution in [3.8, 4) is 0 Å². The average Bonchev–Trinajstić information content (AvgIpc) is 2.40. The molecule has 2 N–H and O–H groups in total. The Morgan fingerprint density at radius 1 is 1.32 bits per heavy atom. The van der Waals surface area contributed by atoms with E-state index < -0.39 is 5.54 Å². The van der Waals surface area contributed by atoms with Crippen LogP contribution in [0.5, 0.6) is 0 Å². The minimum atomic E-state index is -0.401. The standard InChI is InChI=1S/C15H22N2O.ClH/c1-12(13-8-4-3-5-9-13)17-14(18)15(2)10-6-7-11-16-15;/h3-5,8-9,12,16H,6-7,10-11H2,1-2H3,(H,17,18);1H/t12-,15?;/m1./s1. The number of rotatable bonds is 3. The van der Waals surface area contributed by atoms with Crippen molar-refractivity contribution in [1.29, 1.82) is 0 Å². The van der Waals surface area contributed by atoms with E-state index in [9.17, 15) is 4.79 Å². The van der Waals surface area contributed by atoms with Gasteiger partial charge in [0.2, 0.25) is 5.91 Å². The maximum atomic E-state index is 12.3. The zero-order valence-corrected chi connectivity index (χ0v) is 12.4. The van der Waals surface area contributed by atoms with Crippen LogP contribution in [0.3, 0.4) is 0 Å². The highest BCUT2D eigenvalue weighted by Gasteiger charge is 2.34. The number of hydrogen-bond acceptors (Lipinski definition) is 2. The van der Waals surface area contributed by atoms with Gasteiger partial charge >= 0.3 is 0 Å². The molecule has 1 aliphatic heterocycles. The number of carbonyl (C=O) groups excluding carboxylic acids is 1. The van der Waals surface area contributed by atoms with E-state index in [2.05, 4.69) is 10.6 Å². The van der Waals surface area contributed by atoms with E-state index in [0.29, 0.717) is 0 Å². The fourth-order valence-corrected chi connectivity index (χ4v) is 2.43. The number of piperidine rings is 1. The van der Waals surface area contributed by atoms with Crippen LogP contribution < -0.4 is 10.6 Å². The van der Waals surface area contributed by atoms with Crippen molar-refractivity contribution >= 4 is 18.3 Å². The topological polar surface area (TPSA) is 41.1 Å². The molecule has 1 aliphatic rings. The molecule has 3 nitrogen and oxygen atoms in total. The molecule has 0 aromatic heterocycles. The minimum absolute atomic E-state index is 0. The molecule has 2 atom stereocenters. The van der Waals surface area contributed by atoms with Crippen LogP contribution in [-0.4, -0.2) is 18.0 Å². The summed E-state index contributed by atoms with van der Waals surface area (Å²) in [5.41, 5.74) is 0.742. The Balaban J connectivity index is 0.00000180. The maximum absolute atomic E-state index is 12.3. The number of nitrogens with one attached hydrogen (secondary N) is 2. The molecule has 1 aromatic carbocycles. The van der Waals surface area contributed by atoms with Gasteiger partial charge in [-0.25, -0.2) is 0 Å². The summed E-state index contributed by atoms with van der Waals surface area (Å²) < 4.78 is 0. The highest BCUT2D eigenvalue weighted by Crippen LogP contribution is 2.20. The molecule has 1 saturated heterocycles. The van der Waals surface area contributed by atoms with Crippen molar-refractivity contribution in [2.75, 3.05) is 6.54 Å². The molecule has 0 saturated carbocycles. The molecule has 4 heteroatoms. The van der Waals surface area contributed by atoms with Crippen LogP contribution in [0.25, 0.3) is 0 Å². The van der Waals surface area contributed by atoms with E-state index in [4.69, 9.17) is 0 Å². The average molecular weight is 283 g/mol. The highest BCUT2D eigenvalue weighted by molar-refractivity contribution is 5.86. The van der Waals surface area contributed by atoms with Crippen molar-refractivity contribution in [2.24, 2.45) is 0 Å². The Hall–Kier alpha value is -1.06. The van der Waals surface area contributed by atoms with E-state index in [0.717, 1.165) is 31.4 Å². The van der Waals surface area contributed by atoms with Crippen LogP contribution in [0.4, 0.5) is 0 Å². The molecule has 19 heavy (non-hydrogen) atoms. The molecule has 106 valence electrons. The lowest BCUT2D eigenvalue weighted by Crippen LogP contribution is -2.57. The van der Waals surface area contributed by atoms with Gasteiger partial charge in [-0.15, -0.1) is 12.4 Å². The molecule has 1 amide bonds. The molecule has 1 heterocycles. The van der Waals surface area contributed by atoms with E-state index >= 15 is 0 Å². The number of halogens is 1. The Morgan fingerprint density at radius 3 is 2.58 bits per heavy atom. The fraction of sp³-hybridized carbons (Fsp3) is 0.533. The SMILES string of the molecule is C[C@@H](NC(=O)C1(C)CCCCN1)c1ccccc1.Cl. The second-order valence-electron chi connectivity index (χ2n) is 5.32. The van der Waals surface area contributed by atoms with Crippen molar-refractivity contribution in [1.82, 2.24) is 10.6 Å². The summed E-state index contributed by atoms with van der Waals surface area (Å²) in [7, 11) is 0. The number of benzene rings is 1. The van der Waals surface area contributed by atoms with E-state index in [1.165, 1.54) is 0 Å². The summed E-state index contributed by atoms with van der Waals surface area (Å²) in [6, 6.07) is 10.1. The lowest BCUT2D eigenvalue weighted by atomic mass is 9.89. The zero-order chi connectivity index (χ0) is 13.0. The smallest absolute Gasteiger partial charge is 0.240 e. The number of hydrogen-bond donors (Lipinski definition) is 2. The third-order valence-electron chi connectivity index (χ3n) is 3.77. The molecular formula is C15H23ClN2O.